The number of hydrogen-bond acceptors (Lipinski definition) is 4. The molecule has 0 bridgehead atoms. The molecule has 0 saturated carbocycles. The van der Waals surface area contributed by atoms with Crippen LogP contribution in [0.25, 0.3) is 0 Å². The number of carbonyl (C=O) groups excluding carboxylic acids is 1. The molecule has 0 fully saturated rings. The van der Waals surface area contributed by atoms with E-state index in [1.807, 2.05) is 0 Å². The third-order valence-electron chi connectivity index (χ3n) is 1.81. The van der Waals surface area contributed by atoms with Crippen molar-refractivity contribution in [3.05, 3.63) is 11.8 Å². The van der Waals surface area contributed by atoms with E-state index in [1.54, 1.807) is 13.8 Å². The number of hydrogen-bond donors (Lipinski definition) is 1. The van der Waals surface area contributed by atoms with Crippen LogP contribution >= 0.6 is 0 Å². The first-order valence-corrected chi connectivity index (χ1v) is 4.03. The molecule has 84 valence electrons. The molecule has 0 aromatic heterocycles. The number of aliphatic hydroxyl groups excluding tert-OH is 1. The Hall–Kier alpha value is -0.351. The van der Waals surface area contributed by atoms with Crippen molar-refractivity contribution in [3.8, 4) is 0 Å². The molecule has 4 nitrogen and oxygen atoms in total. The summed E-state index contributed by atoms with van der Waals surface area (Å²) in [5.41, 5.74) is 0. The van der Waals surface area contributed by atoms with Gasteiger partial charge in [0.15, 0.2) is 5.78 Å². The molecule has 0 aromatic carbocycles. The SMILES string of the molecule is COC(C)C(=O)/C=C(\O)C(C)OC.[Fe]. The van der Waals surface area contributed by atoms with Gasteiger partial charge in [0.2, 0.25) is 0 Å². The van der Waals surface area contributed by atoms with Gasteiger partial charge < -0.3 is 14.6 Å². The van der Waals surface area contributed by atoms with Gasteiger partial charge in [-0.05, 0) is 13.8 Å². The number of rotatable bonds is 5. The van der Waals surface area contributed by atoms with Gasteiger partial charge in [0.05, 0.1) is 0 Å². The van der Waals surface area contributed by atoms with Gasteiger partial charge in [-0.1, -0.05) is 0 Å². The van der Waals surface area contributed by atoms with Crippen molar-refractivity contribution >= 4 is 5.78 Å². The van der Waals surface area contributed by atoms with Gasteiger partial charge in [0, 0.05) is 37.4 Å². The molecule has 0 amide bonds. The van der Waals surface area contributed by atoms with E-state index in [4.69, 9.17) is 9.47 Å². The second-order valence-corrected chi connectivity index (χ2v) is 2.73. The maximum Gasteiger partial charge on any atom is 0.187 e. The Labute approximate surface area is 94.7 Å². The average Bonchev–Trinajstić information content (AvgIpc) is 2.14. The predicted molar refractivity (Wildman–Crippen MR) is 48.7 cm³/mol. The van der Waals surface area contributed by atoms with Crippen LogP contribution in [0.1, 0.15) is 13.8 Å². The third kappa shape index (κ3) is 5.39. The molecule has 0 aliphatic heterocycles. The Morgan fingerprint density at radius 2 is 1.64 bits per heavy atom. The molecule has 0 heterocycles. The number of methoxy groups -OCH3 is 2. The summed E-state index contributed by atoms with van der Waals surface area (Å²) < 4.78 is 9.60. The normalized spacial score (nSPS) is 15.6. The summed E-state index contributed by atoms with van der Waals surface area (Å²) >= 11 is 0. The molecular formula is C9H16FeO4. The molecule has 0 aliphatic rings. The van der Waals surface area contributed by atoms with E-state index in [-0.39, 0.29) is 28.6 Å². The van der Waals surface area contributed by atoms with E-state index in [9.17, 15) is 9.90 Å². The first-order chi connectivity index (χ1) is 6.02. The third-order valence-corrected chi connectivity index (χ3v) is 1.81. The zero-order chi connectivity index (χ0) is 10.4. The van der Waals surface area contributed by atoms with Crippen molar-refractivity contribution in [1.29, 1.82) is 0 Å². The first kappa shape index (κ1) is 16.1. The summed E-state index contributed by atoms with van der Waals surface area (Å²) in [4.78, 5) is 11.2. The van der Waals surface area contributed by atoms with E-state index in [2.05, 4.69) is 0 Å². The Bertz CT molecular complexity index is 203. The van der Waals surface area contributed by atoms with Crippen molar-refractivity contribution in [2.45, 2.75) is 26.1 Å². The van der Waals surface area contributed by atoms with Gasteiger partial charge in [-0.15, -0.1) is 0 Å². The van der Waals surface area contributed by atoms with Crippen LogP contribution < -0.4 is 0 Å². The second kappa shape index (κ2) is 8.00. The smallest absolute Gasteiger partial charge is 0.187 e. The summed E-state index contributed by atoms with van der Waals surface area (Å²) in [5, 5.41) is 9.29. The number of carbonyl (C=O) groups is 1. The molecule has 0 saturated heterocycles. The summed E-state index contributed by atoms with van der Waals surface area (Å²) in [6, 6.07) is 0. The van der Waals surface area contributed by atoms with Gasteiger partial charge in [-0.25, -0.2) is 0 Å². The van der Waals surface area contributed by atoms with Gasteiger partial charge in [-0.2, -0.15) is 0 Å². The van der Waals surface area contributed by atoms with E-state index in [0.29, 0.717) is 0 Å². The van der Waals surface area contributed by atoms with E-state index in [1.165, 1.54) is 14.2 Å². The standard InChI is InChI=1S/C9H16O4.Fe/c1-6(12-3)8(10)5-9(11)7(2)13-4;/h5-7,10H,1-4H3;/b8-5-;. The topological polar surface area (TPSA) is 55.8 Å². The Morgan fingerprint density at radius 3 is 2.00 bits per heavy atom. The number of ether oxygens (including phenoxy) is 2. The Kier molecular flexibility index (Phi) is 9.20. The maximum absolute atomic E-state index is 11.2. The van der Waals surface area contributed by atoms with Crippen LogP contribution in [0.2, 0.25) is 0 Å². The zero-order valence-electron chi connectivity index (χ0n) is 8.76. The van der Waals surface area contributed by atoms with E-state index >= 15 is 0 Å². The number of aliphatic hydroxyl groups is 1. The molecule has 0 spiro atoms. The summed E-state index contributed by atoms with van der Waals surface area (Å²) in [6.45, 7) is 3.26. The van der Waals surface area contributed by atoms with Crippen LogP contribution in [-0.2, 0) is 31.3 Å². The van der Waals surface area contributed by atoms with Crippen molar-refractivity contribution in [2.24, 2.45) is 0 Å². The summed E-state index contributed by atoms with van der Waals surface area (Å²) in [7, 11) is 2.89. The summed E-state index contributed by atoms with van der Waals surface area (Å²) in [5.74, 6) is -0.361. The Morgan fingerprint density at radius 1 is 1.21 bits per heavy atom. The molecule has 5 heteroatoms. The molecule has 0 rings (SSSR count). The second-order valence-electron chi connectivity index (χ2n) is 2.73. The minimum absolute atomic E-state index is 0. The molecule has 2 atom stereocenters. The van der Waals surface area contributed by atoms with Crippen molar-refractivity contribution in [3.63, 3.8) is 0 Å². The fraction of sp³-hybridized carbons (Fsp3) is 0.667. The van der Waals surface area contributed by atoms with Crippen LogP contribution in [0.15, 0.2) is 11.8 Å². The first-order valence-electron chi connectivity index (χ1n) is 4.03. The maximum atomic E-state index is 11.2. The van der Waals surface area contributed by atoms with Crippen LogP contribution in [0.5, 0.6) is 0 Å². The Balaban J connectivity index is 0. The molecular weight excluding hydrogens is 228 g/mol. The van der Waals surface area contributed by atoms with Crippen LogP contribution in [-0.4, -0.2) is 37.3 Å². The van der Waals surface area contributed by atoms with Gasteiger partial charge in [-0.3, -0.25) is 4.79 Å². The van der Waals surface area contributed by atoms with Crippen molar-refractivity contribution < 1.29 is 36.4 Å². The molecule has 1 N–H and O–H groups in total. The van der Waals surface area contributed by atoms with Crippen LogP contribution in [0, 0.1) is 0 Å². The van der Waals surface area contributed by atoms with Gasteiger partial charge in [0.1, 0.15) is 18.0 Å². The van der Waals surface area contributed by atoms with E-state index < -0.39 is 12.2 Å². The summed E-state index contributed by atoms with van der Waals surface area (Å²) in [6.07, 6.45) is 0.127. The minimum atomic E-state index is -0.536. The van der Waals surface area contributed by atoms with Crippen LogP contribution in [0.4, 0.5) is 0 Å². The fourth-order valence-corrected chi connectivity index (χ4v) is 0.617. The predicted octanol–water partition coefficient (Wildman–Crippen LogP) is 1.06. The zero-order valence-corrected chi connectivity index (χ0v) is 9.86. The minimum Gasteiger partial charge on any atom is -0.509 e. The van der Waals surface area contributed by atoms with Gasteiger partial charge in [0.25, 0.3) is 0 Å². The molecule has 2 unspecified atom stereocenters. The molecule has 0 aromatic rings. The largest absolute Gasteiger partial charge is 0.509 e. The molecule has 14 heavy (non-hydrogen) atoms. The number of ketones is 1. The fourth-order valence-electron chi connectivity index (χ4n) is 0.617. The average molecular weight is 244 g/mol. The van der Waals surface area contributed by atoms with E-state index in [0.717, 1.165) is 6.08 Å². The quantitative estimate of drug-likeness (QED) is 0.446. The molecule has 0 radical (unpaired) electrons. The van der Waals surface area contributed by atoms with Crippen LogP contribution in [0.3, 0.4) is 0 Å². The van der Waals surface area contributed by atoms with Gasteiger partial charge >= 0.3 is 0 Å². The van der Waals surface area contributed by atoms with Crippen molar-refractivity contribution in [1.82, 2.24) is 0 Å². The monoisotopic (exact) mass is 244 g/mol. The molecule has 0 aliphatic carbocycles. The van der Waals surface area contributed by atoms with Crippen molar-refractivity contribution in [2.75, 3.05) is 14.2 Å².